The van der Waals surface area contributed by atoms with Crippen molar-refractivity contribution >= 4 is 11.9 Å². The van der Waals surface area contributed by atoms with Crippen LogP contribution in [0.3, 0.4) is 0 Å². The van der Waals surface area contributed by atoms with Crippen molar-refractivity contribution in [3.05, 3.63) is 83.0 Å². The van der Waals surface area contributed by atoms with Crippen molar-refractivity contribution in [2.75, 3.05) is 26.7 Å². The SMILES string of the molecule is Cc1ccc(-c2cnc3c(c2)C(=O)N([C@@H](C)CO)C[C@H](C)[C@H](CN(C)Cc2ccccc2C(=O)O)O3)cc1. The maximum atomic E-state index is 13.7. The molecular formula is C30H35N3O5. The zero-order valence-electron chi connectivity index (χ0n) is 22.3. The summed E-state index contributed by atoms with van der Waals surface area (Å²) in [6.07, 6.45) is 1.39. The van der Waals surface area contributed by atoms with Gasteiger partial charge in [-0.1, -0.05) is 55.0 Å². The van der Waals surface area contributed by atoms with Gasteiger partial charge in [-0.05, 0) is 44.2 Å². The fourth-order valence-corrected chi connectivity index (χ4v) is 4.75. The number of carboxylic acids is 1. The number of aryl methyl sites for hydroxylation is 1. The second-order valence-electron chi connectivity index (χ2n) is 10.2. The van der Waals surface area contributed by atoms with Crippen LogP contribution >= 0.6 is 0 Å². The number of hydrogen-bond acceptors (Lipinski definition) is 6. The molecule has 0 fully saturated rings. The average Bonchev–Trinajstić information content (AvgIpc) is 2.90. The van der Waals surface area contributed by atoms with E-state index in [4.69, 9.17) is 4.74 Å². The zero-order chi connectivity index (χ0) is 27.4. The Kier molecular flexibility index (Phi) is 8.44. The fraction of sp³-hybridized carbons (Fsp3) is 0.367. The lowest BCUT2D eigenvalue weighted by Gasteiger charge is -2.37. The molecule has 2 N–H and O–H groups in total. The minimum absolute atomic E-state index is 0.0724. The lowest BCUT2D eigenvalue weighted by Crippen LogP contribution is -2.49. The number of hydrogen-bond donors (Lipinski definition) is 2. The minimum Gasteiger partial charge on any atom is -0.478 e. The summed E-state index contributed by atoms with van der Waals surface area (Å²) < 4.78 is 6.40. The summed E-state index contributed by atoms with van der Waals surface area (Å²) in [6, 6.07) is 16.4. The molecule has 0 unspecified atom stereocenters. The molecule has 2 heterocycles. The quantitative estimate of drug-likeness (QED) is 0.464. The van der Waals surface area contributed by atoms with Crippen LogP contribution in [-0.4, -0.2) is 75.8 Å². The van der Waals surface area contributed by atoms with Gasteiger partial charge >= 0.3 is 5.97 Å². The Morgan fingerprint density at radius 2 is 1.89 bits per heavy atom. The first-order valence-electron chi connectivity index (χ1n) is 12.8. The van der Waals surface area contributed by atoms with Gasteiger partial charge in [0, 0.05) is 37.3 Å². The number of aromatic carboxylic acids is 1. The predicted molar refractivity (Wildman–Crippen MR) is 145 cm³/mol. The Morgan fingerprint density at radius 3 is 2.58 bits per heavy atom. The fourth-order valence-electron chi connectivity index (χ4n) is 4.75. The van der Waals surface area contributed by atoms with Crippen molar-refractivity contribution in [3.63, 3.8) is 0 Å². The number of aromatic nitrogens is 1. The van der Waals surface area contributed by atoms with Crippen LogP contribution in [0.15, 0.2) is 60.8 Å². The molecule has 0 saturated carbocycles. The van der Waals surface area contributed by atoms with Gasteiger partial charge in [0.25, 0.3) is 5.91 Å². The van der Waals surface area contributed by atoms with E-state index in [0.717, 1.165) is 16.7 Å². The van der Waals surface area contributed by atoms with E-state index in [9.17, 15) is 19.8 Å². The van der Waals surface area contributed by atoms with Crippen LogP contribution in [0.4, 0.5) is 0 Å². The number of carbonyl (C=O) groups is 2. The Hall–Kier alpha value is -3.75. The van der Waals surface area contributed by atoms with E-state index < -0.39 is 5.97 Å². The number of rotatable bonds is 8. The lowest BCUT2D eigenvalue weighted by molar-refractivity contribution is 0.0325. The van der Waals surface area contributed by atoms with Gasteiger partial charge in [-0.15, -0.1) is 0 Å². The molecule has 2 aromatic carbocycles. The highest BCUT2D eigenvalue weighted by molar-refractivity contribution is 5.98. The molecule has 0 saturated heterocycles. The van der Waals surface area contributed by atoms with Crippen LogP contribution < -0.4 is 4.74 Å². The molecule has 1 aliphatic rings. The van der Waals surface area contributed by atoms with Crippen LogP contribution in [0, 0.1) is 12.8 Å². The third kappa shape index (κ3) is 6.03. The third-order valence-electron chi connectivity index (χ3n) is 7.09. The third-order valence-corrected chi connectivity index (χ3v) is 7.09. The number of ether oxygens (including phenoxy) is 1. The van der Waals surface area contributed by atoms with Crippen molar-refractivity contribution in [1.82, 2.24) is 14.8 Å². The van der Waals surface area contributed by atoms with Crippen LogP contribution in [0.25, 0.3) is 11.1 Å². The summed E-state index contributed by atoms with van der Waals surface area (Å²) in [5.41, 5.74) is 4.25. The summed E-state index contributed by atoms with van der Waals surface area (Å²) in [5, 5.41) is 19.5. The molecule has 0 aliphatic carbocycles. The summed E-state index contributed by atoms with van der Waals surface area (Å²) in [6.45, 7) is 7.03. The van der Waals surface area contributed by atoms with E-state index in [1.807, 2.05) is 75.2 Å². The number of carboxylic acid groups (broad SMARTS) is 1. The van der Waals surface area contributed by atoms with E-state index in [1.165, 1.54) is 0 Å². The molecule has 38 heavy (non-hydrogen) atoms. The number of aliphatic hydroxyl groups is 1. The van der Waals surface area contributed by atoms with Crippen molar-refractivity contribution < 1.29 is 24.5 Å². The first-order valence-corrected chi connectivity index (χ1v) is 12.8. The molecule has 3 atom stereocenters. The zero-order valence-corrected chi connectivity index (χ0v) is 22.3. The normalized spacial score (nSPS) is 18.4. The average molecular weight is 518 g/mol. The molecule has 4 rings (SSSR count). The van der Waals surface area contributed by atoms with Gasteiger partial charge in [0.15, 0.2) is 0 Å². The number of carbonyl (C=O) groups excluding carboxylic acids is 1. The number of likely N-dealkylation sites (N-methyl/N-ethyl adjacent to an activating group) is 1. The number of fused-ring (bicyclic) bond motifs is 1. The Morgan fingerprint density at radius 1 is 1.18 bits per heavy atom. The van der Waals surface area contributed by atoms with Gasteiger partial charge in [-0.3, -0.25) is 9.69 Å². The monoisotopic (exact) mass is 517 g/mol. The minimum atomic E-state index is -0.959. The van der Waals surface area contributed by atoms with Crippen molar-refractivity contribution in [1.29, 1.82) is 0 Å². The molecule has 200 valence electrons. The first-order chi connectivity index (χ1) is 18.2. The van der Waals surface area contributed by atoms with Gasteiger partial charge in [-0.25, -0.2) is 9.78 Å². The maximum Gasteiger partial charge on any atom is 0.336 e. The molecular weight excluding hydrogens is 482 g/mol. The molecule has 0 spiro atoms. The number of pyridine rings is 1. The Balaban J connectivity index is 1.65. The highest BCUT2D eigenvalue weighted by atomic mass is 16.5. The highest BCUT2D eigenvalue weighted by Crippen LogP contribution is 2.30. The molecule has 1 amide bonds. The Bertz CT molecular complexity index is 1290. The molecule has 1 aromatic heterocycles. The van der Waals surface area contributed by atoms with Crippen molar-refractivity contribution in [3.8, 4) is 17.0 Å². The van der Waals surface area contributed by atoms with Crippen LogP contribution in [0.1, 0.15) is 45.7 Å². The summed E-state index contributed by atoms with van der Waals surface area (Å²) in [7, 11) is 1.92. The van der Waals surface area contributed by atoms with Crippen LogP contribution in [0.5, 0.6) is 5.88 Å². The highest BCUT2D eigenvalue weighted by Gasteiger charge is 2.34. The lowest BCUT2D eigenvalue weighted by atomic mass is 9.98. The van der Waals surface area contributed by atoms with Crippen LogP contribution in [-0.2, 0) is 6.54 Å². The van der Waals surface area contributed by atoms with Gasteiger partial charge in [-0.2, -0.15) is 0 Å². The summed E-state index contributed by atoms with van der Waals surface area (Å²) in [4.78, 5) is 33.6. The van der Waals surface area contributed by atoms with E-state index in [0.29, 0.717) is 30.8 Å². The van der Waals surface area contributed by atoms with Gasteiger partial charge in [0.05, 0.1) is 18.2 Å². The summed E-state index contributed by atoms with van der Waals surface area (Å²) in [5.74, 6) is -0.995. The molecule has 0 radical (unpaired) electrons. The topological polar surface area (TPSA) is 103 Å². The molecule has 0 bridgehead atoms. The largest absolute Gasteiger partial charge is 0.478 e. The molecule has 8 heteroatoms. The van der Waals surface area contributed by atoms with Crippen LogP contribution in [0.2, 0.25) is 0 Å². The van der Waals surface area contributed by atoms with E-state index in [2.05, 4.69) is 4.98 Å². The number of nitrogens with zero attached hydrogens (tertiary/aromatic N) is 3. The predicted octanol–water partition coefficient (Wildman–Crippen LogP) is 4.11. The second-order valence-corrected chi connectivity index (χ2v) is 10.2. The van der Waals surface area contributed by atoms with E-state index in [-0.39, 0.29) is 42.0 Å². The molecule has 3 aromatic rings. The van der Waals surface area contributed by atoms with E-state index in [1.54, 1.807) is 23.2 Å². The molecule has 1 aliphatic heterocycles. The summed E-state index contributed by atoms with van der Waals surface area (Å²) >= 11 is 0. The van der Waals surface area contributed by atoms with E-state index >= 15 is 0 Å². The van der Waals surface area contributed by atoms with Gasteiger partial charge in [0.2, 0.25) is 5.88 Å². The van der Waals surface area contributed by atoms with Gasteiger partial charge in [0.1, 0.15) is 11.7 Å². The maximum absolute atomic E-state index is 13.7. The second kappa shape index (κ2) is 11.8. The number of benzene rings is 2. The number of aliphatic hydroxyl groups excluding tert-OH is 1. The van der Waals surface area contributed by atoms with Crippen molar-refractivity contribution in [2.45, 2.75) is 39.5 Å². The Labute approximate surface area is 223 Å². The van der Waals surface area contributed by atoms with Crippen molar-refractivity contribution in [2.24, 2.45) is 5.92 Å². The van der Waals surface area contributed by atoms with Gasteiger partial charge < -0.3 is 19.8 Å². The first kappa shape index (κ1) is 27.3. The molecule has 8 nitrogen and oxygen atoms in total. The number of amides is 1. The standard InChI is InChI=1S/C30H35N3O5/c1-19-9-11-22(12-10-19)24-13-26-28(31-14-24)38-27(20(2)15-33(29(26)35)21(3)18-34)17-32(4)16-23-7-5-6-8-25(23)30(36)37/h5-14,20-21,27,34H,15-18H2,1-4H3,(H,36,37)/t20-,21-,27-/m0/s1. The smallest absolute Gasteiger partial charge is 0.336 e.